The van der Waals surface area contributed by atoms with Crippen molar-refractivity contribution in [2.75, 3.05) is 31.2 Å². The number of carbonyl (C=O) groups is 4. The first-order valence-corrected chi connectivity index (χ1v) is 14.5. The lowest BCUT2D eigenvalue weighted by atomic mass is 9.94. The lowest BCUT2D eigenvalue weighted by Crippen LogP contribution is -2.54. The van der Waals surface area contributed by atoms with Crippen LogP contribution in [0, 0.1) is 17.3 Å². The normalized spacial score (nSPS) is 28.1. The third-order valence-corrected chi connectivity index (χ3v) is 9.83. The van der Waals surface area contributed by atoms with Gasteiger partial charge in [-0.1, -0.05) is 0 Å². The molecule has 15 heteroatoms. The summed E-state index contributed by atoms with van der Waals surface area (Å²) >= 11 is 0. The molecule has 1 saturated carbocycles. The number of hydrogen-bond acceptors (Lipinski definition) is 8. The molecular formula is C23H32F3N3O8S. The number of nitrogens with zero attached hydrogens (tertiary/aromatic N) is 1. The predicted octanol–water partition coefficient (Wildman–Crippen LogP) is -0.330. The number of aliphatic hydroxyl groups is 1. The van der Waals surface area contributed by atoms with Crippen molar-refractivity contribution in [1.82, 2.24) is 15.5 Å². The van der Waals surface area contributed by atoms with Gasteiger partial charge in [-0.15, -0.1) is 13.2 Å². The summed E-state index contributed by atoms with van der Waals surface area (Å²) in [5.74, 6) is -4.46. The average Bonchev–Trinajstić information content (AvgIpc) is 3.30. The van der Waals surface area contributed by atoms with Crippen LogP contribution in [0.1, 0.15) is 44.9 Å². The van der Waals surface area contributed by atoms with Gasteiger partial charge in [0.25, 0.3) is 5.91 Å². The number of halogens is 3. The fraction of sp³-hybridized carbons (Fsp3) is 0.826. The van der Waals surface area contributed by atoms with Crippen LogP contribution >= 0.6 is 0 Å². The van der Waals surface area contributed by atoms with Crippen molar-refractivity contribution in [1.29, 1.82) is 0 Å². The number of ketones is 1. The molecule has 1 unspecified atom stereocenters. The van der Waals surface area contributed by atoms with Crippen LogP contribution in [-0.2, 0) is 33.8 Å². The fourth-order valence-electron chi connectivity index (χ4n) is 5.60. The Morgan fingerprint density at radius 2 is 1.84 bits per heavy atom. The maximum absolute atomic E-state index is 13.3. The zero-order valence-corrected chi connectivity index (χ0v) is 21.5. The molecule has 38 heavy (non-hydrogen) atoms. The average molecular weight is 568 g/mol. The standard InChI is InChI=1S/C23H32F3N3O8S/c24-23(25,26)37-11-17(30)15(9-14-1-6-27-19(14)32)28-20(33)16-10-22(4-5-22)12-29(16)21(34)18(31)13-2-7-38(35,36)8-3-13/h13-16,18,31H,1-12H2,(H,27,32)(H,28,33)/t14-,15-,16-,18?/m0/s1. The smallest absolute Gasteiger partial charge is 0.383 e. The second kappa shape index (κ2) is 10.7. The van der Waals surface area contributed by atoms with Crippen molar-refractivity contribution in [3.05, 3.63) is 0 Å². The first-order chi connectivity index (χ1) is 17.7. The van der Waals surface area contributed by atoms with Crippen LogP contribution in [0.4, 0.5) is 13.2 Å². The van der Waals surface area contributed by atoms with E-state index in [1.54, 1.807) is 0 Å². The van der Waals surface area contributed by atoms with E-state index in [1.807, 2.05) is 0 Å². The summed E-state index contributed by atoms with van der Waals surface area (Å²) in [5.41, 5.74) is -0.308. The summed E-state index contributed by atoms with van der Waals surface area (Å²) in [6.07, 6.45) is -4.44. The van der Waals surface area contributed by atoms with Gasteiger partial charge in [0, 0.05) is 19.0 Å². The number of carbonyl (C=O) groups excluding carboxylic acids is 4. The molecule has 3 aliphatic heterocycles. The number of sulfone groups is 1. The Kier molecular flexibility index (Phi) is 8.11. The van der Waals surface area contributed by atoms with E-state index in [2.05, 4.69) is 15.4 Å². The van der Waals surface area contributed by atoms with E-state index in [9.17, 15) is 45.9 Å². The second-order valence-corrected chi connectivity index (χ2v) is 13.2. The van der Waals surface area contributed by atoms with Crippen molar-refractivity contribution in [2.24, 2.45) is 17.3 Å². The van der Waals surface area contributed by atoms with E-state index < -0.39 is 70.4 Å². The van der Waals surface area contributed by atoms with Crippen molar-refractivity contribution >= 4 is 33.3 Å². The molecule has 3 saturated heterocycles. The van der Waals surface area contributed by atoms with Gasteiger partial charge in [0.1, 0.15) is 28.6 Å². The van der Waals surface area contributed by atoms with Crippen LogP contribution in [0.2, 0.25) is 0 Å². The highest BCUT2D eigenvalue weighted by Crippen LogP contribution is 2.55. The molecule has 0 radical (unpaired) electrons. The molecule has 3 heterocycles. The Hall–Kier alpha value is -2.26. The minimum atomic E-state index is -5.06. The quantitative estimate of drug-likeness (QED) is 0.342. The molecule has 0 aromatic carbocycles. The van der Waals surface area contributed by atoms with Gasteiger partial charge in [-0.05, 0) is 56.3 Å². The van der Waals surface area contributed by atoms with E-state index in [-0.39, 0.29) is 55.1 Å². The van der Waals surface area contributed by atoms with Crippen molar-refractivity contribution < 1.29 is 50.6 Å². The molecule has 4 atom stereocenters. The summed E-state index contributed by atoms with van der Waals surface area (Å²) in [6.45, 7) is -0.804. The molecule has 4 aliphatic rings. The topological polar surface area (TPSA) is 159 Å². The number of hydrogen-bond donors (Lipinski definition) is 3. The monoisotopic (exact) mass is 567 g/mol. The number of Topliss-reactive ketones (excluding diaryl/α,β-unsaturated/α-hetero) is 1. The minimum absolute atomic E-state index is 0.115. The Bertz CT molecular complexity index is 1060. The Labute approximate surface area is 217 Å². The van der Waals surface area contributed by atoms with Crippen molar-refractivity contribution in [3.8, 4) is 0 Å². The van der Waals surface area contributed by atoms with E-state index in [4.69, 9.17) is 0 Å². The summed E-state index contributed by atoms with van der Waals surface area (Å²) in [4.78, 5) is 52.5. The number of nitrogens with one attached hydrogen (secondary N) is 2. The molecule has 0 aromatic heterocycles. The Balaban J connectivity index is 1.46. The highest BCUT2D eigenvalue weighted by molar-refractivity contribution is 7.91. The zero-order valence-electron chi connectivity index (χ0n) is 20.7. The number of aliphatic hydroxyl groups excluding tert-OH is 1. The molecule has 1 spiro atoms. The molecule has 0 aromatic rings. The first kappa shape index (κ1) is 28.7. The molecule has 1 aliphatic carbocycles. The third-order valence-electron chi connectivity index (χ3n) is 8.12. The largest absolute Gasteiger partial charge is 0.522 e. The maximum atomic E-state index is 13.3. The number of ether oxygens (including phenoxy) is 1. The fourth-order valence-corrected chi connectivity index (χ4v) is 7.13. The number of alkyl halides is 3. The van der Waals surface area contributed by atoms with Crippen LogP contribution in [0.25, 0.3) is 0 Å². The molecule has 0 bridgehead atoms. The highest BCUT2D eigenvalue weighted by Gasteiger charge is 2.56. The van der Waals surface area contributed by atoms with E-state index in [0.29, 0.717) is 13.0 Å². The van der Waals surface area contributed by atoms with E-state index in [0.717, 1.165) is 12.8 Å². The van der Waals surface area contributed by atoms with Gasteiger partial charge in [0.05, 0.1) is 17.5 Å². The SMILES string of the molecule is O=C1NCC[C@H]1C[C@H](NC(=O)[C@@H]1CC2(CC2)CN1C(=O)C(O)C1CCS(=O)(=O)CC1)C(=O)COC(F)(F)F. The number of rotatable bonds is 9. The van der Waals surface area contributed by atoms with Crippen molar-refractivity contribution in [3.63, 3.8) is 0 Å². The lowest BCUT2D eigenvalue weighted by molar-refractivity contribution is -0.321. The van der Waals surface area contributed by atoms with Crippen molar-refractivity contribution in [2.45, 2.75) is 69.5 Å². The van der Waals surface area contributed by atoms with Crippen LogP contribution < -0.4 is 10.6 Å². The Morgan fingerprint density at radius 1 is 1.18 bits per heavy atom. The summed E-state index contributed by atoms with van der Waals surface area (Å²) in [5, 5.41) is 15.8. The van der Waals surface area contributed by atoms with Gasteiger partial charge in [0.15, 0.2) is 5.78 Å². The summed E-state index contributed by atoms with van der Waals surface area (Å²) in [7, 11) is -3.22. The molecular weight excluding hydrogens is 535 g/mol. The van der Waals surface area contributed by atoms with Gasteiger partial charge in [0.2, 0.25) is 11.8 Å². The van der Waals surface area contributed by atoms with Gasteiger partial charge in [-0.2, -0.15) is 0 Å². The highest BCUT2D eigenvalue weighted by atomic mass is 32.2. The minimum Gasteiger partial charge on any atom is -0.383 e. The second-order valence-electron chi connectivity index (χ2n) is 10.9. The first-order valence-electron chi connectivity index (χ1n) is 12.7. The Morgan fingerprint density at radius 3 is 2.39 bits per heavy atom. The molecule has 4 fully saturated rings. The van der Waals surface area contributed by atoms with E-state index in [1.165, 1.54) is 4.90 Å². The predicted molar refractivity (Wildman–Crippen MR) is 124 cm³/mol. The van der Waals surface area contributed by atoms with Crippen LogP contribution in [0.3, 0.4) is 0 Å². The van der Waals surface area contributed by atoms with Crippen LogP contribution in [0.5, 0.6) is 0 Å². The van der Waals surface area contributed by atoms with Crippen LogP contribution in [0.15, 0.2) is 0 Å². The summed E-state index contributed by atoms with van der Waals surface area (Å²) < 4.78 is 64.7. The zero-order chi connectivity index (χ0) is 27.9. The van der Waals surface area contributed by atoms with Gasteiger partial charge in [-0.3, -0.25) is 23.9 Å². The number of likely N-dealkylation sites (tertiary alicyclic amines) is 1. The number of amides is 3. The summed E-state index contributed by atoms with van der Waals surface area (Å²) in [6, 6.07) is -2.51. The molecule has 11 nitrogen and oxygen atoms in total. The van der Waals surface area contributed by atoms with Crippen LogP contribution in [-0.4, -0.2) is 97.7 Å². The lowest BCUT2D eigenvalue weighted by Gasteiger charge is -2.32. The van der Waals surface area contributed by atoms with Gasteiger partial charge in [-0.25, -0.2) is 8.42 Å². The van der Waals surface area contributed by atoms with E-state index >= 15 is 0 Å². The molecule has 3 N–H and O–H groups in total. The van der Waals surface area contributed by atoms with Gasteiger partial charge < -0.3 is 20.6 Å². The molecule has 3 amide bonds. The van der Waals surface area contributed by atoms with Gasteiger partial charge >= 0.3 is 6.36 Å². The third kappa shape index (κ3) is 6.84. The maximum Gasteiger partial charge on any atom is 0.522 e. The molecule has 4 rings (SSSR count). The molecule has 214 valence electrons.